The van der Waals surface area contributed by atoms with E-state index in [0.29, 0.717) is 36.4 Å². The Balaban J connectivity index is 1.39. The van der Waals surface area contributed by atoms with Gasteiger partial charge in [0.25, 0.3) is 5.91 Å². The fraction of sp³-hybridized carbons (Fsp3) is 0.474. The largest absolute Gasteiger partial charge is 0.334 e. The van der Waals surface area contributed by atoms with Crippen LogP contribution in [0.25, 0.3) is 10.1 Å². The number of halogens is 1. The SMILES string of the molecule is O=C(c1cc2c(F)cccc2s1)N1CCN(C(=O)N2CCCCC2)CC1. The first kappa shape index (κ1) is 17.3. The number of carbonyl (C=O) groups excluding carboxylic acids is 2. The number of fused-ring (bicyclic) bond motifs is 1. The fourth-order valence-corrected chi connectivity index (χ4v) is 4.72. The molecule has 5 nitrogen and oxygen atoms in total. The van der Waals surface area contributed by atoms with Crippen molar-refractivity contribution in [3.05, 3.63) is 35.0 Å². The number of hydrogen-bond acceptors (Lipinski definition) is 3. The molecule has 0 saturated carbocycles. The summed E-state index contributed by atoms with van der Waals surface area (Å²) >= 11 is 1.32. The highest BCUT2D eigenvalue weighted by Crippen LogP contribution is 2.28. The molecule has 0 unspecified atom stereocenters. The second-order valence-electron chi connectivity index (χ2n) is 6.87. The topological polar surface area (TPSA) is 43.9 Å². The Morgan fingerprint density at radius 3 is 2.23 bits per heavy atom. The molecule has 0 radical (unpaired) electrons. The van der Waals surface area contributed by atoms with Gasteiger partial charge in [0.05, 0.1) is 4.88 Å². The lowest BCUT2D eigenvalue weighted by Gasteiger charge is -2.38. The number of nitrogens with zero attached hydrogens (tertiary/aromatic N) is 3. The Morgan fingerprint density at radius 2 is 1.54 bits per heavy atom. The molecule has 0 spiro atoms. The molecule has 2 fully saturated rings. The van der Waals surface area contributed by atoms with Crippen molar-refractivity contribution in [2.45, 2.75) is 19.3 Å². The summed E-state index contributed by atoms with van der Waals surface area (Å²) in [5, 5.41) is 0.500. The van der Waals surface area contributed by atoms with Crippen molar-refractivity contribution in [3.63, 3.8) is 0 Å². The highest BCUT2D eigenvalue weighted by atomic mass is 32.1. The van der Waals surface area contributed by atoms with Crippen molar-refractivity contribution in [1.29, 1.82) is 0 Å². The number of piperidine rings is 1. The molecule has 0 atom stereocenters. The summed E-state index contributed by atoms with van der Waals surface area (Å²) in [6.07, 6.45) is 3.35. The maximum Gasteiger partial charge on any atom is 0.320 e. The molecular weight excluding hydrogens is 353 g/mol. The predicted molar refractivity (Wildman–Crippen MR) is 100 cm³/mol. The van der Waals surface area contributed by atoms with Crippen molar-refractivity contribution >= 4 is 33.4 Å². The minimum atomic E-state index is -0.297. The van der Waals surface area contributed by atoms with E-state index in [1.165, 1.54) is 23.8 Å². The van der Waals surface area contributed by atoms with Crippen LogP contribution in [-0.4, -0.2) is 65.9 Å². The highest BCUT2D eigenvalue weighted by molar-refractivity contribution is 7.20. The molecule has 3 heterocycles. The van der Waals surface area contributed by atoms with Crippen LogP contribution in [0, 0.1) is 5.82 Å². The lowest BCUT2D eigenvalue weighted by Crippen LogP contribution is -2.54. The van der Waals surface area contributed by atoms with Gasteiger partial charge in [0.1, 0.15) is 5.82 Å². The van der Waals surface area contributed by atoms with Gasteiger partial charge in [-0.3, -0.25) is 4.79 Å². The number of carbonyl (C=O) groups is 2. The van der Waals surface area contributed by atoms with Crippen molar-refractivity contribution in [1.82, 2.24) is 14.7 Å². The van der Waals surface area contributed by atoms with E-state index in [1.54, 1.807) is 17.0 Å². The van der Waals surface area contributed by atoms with Gasteiger partial charge < -0.3 is 14.7 Å². The van der Waals surface area contributed by atoms with Gasteiger partial charge in [0.2, 0.25) is 0 Å². The number of likely N-dealkylation sites (tertiary alicyclic amines) is 1. The summed E-state index contributed by atoms with van der Waals surface area (Å²) < 4.78 is 14.6. The Kier molecular flexibility index (Phi) is 4.80. The highest BCUT2D eigenvalue weighted by Gasteiger charge is 2.28. The maximum atomic E-state index is 13.9. The molecule has 0 aliphatic carbocycles. The van der Waals surface area contributed by atoms with E-state index in [0.717, 1.165) is 30.6 Å². The summed E-state index contributed by atoms with van der Waals surface area (Å²) in [4.78, 5) is 31.4. The normalized spacial score (nSPS) is 18.4. The van der Waals surface area contributed by atoms with Crippen LogP contribution in [0.15, 0.2) is 24.3 Å². The number of piperazine rings is 1. The summed E-state index contributed by atoms with van der Waals surface area (Å²) in [5.74, 6) is -0.370. The van der Waals surface area contributed by atoms with Crippen LogP contribution in [-0.2, 0) is 0 Å². The molecule has 2 aliphatic rings. The zero-order valence-electron chi connectivity index (χ0n) is 14.6. The van der Waals surface area contributed by atoms with Crippen LogP contribution >= 0.6 is 11.3 Å². The number of hydrogen-bond donors (Lipinski definition) is 0. The first-order valence-corrected chi connectivity index (χ1v) is 9.96. The first-order chi connectivity index (χ1) is 12.6. The zero-order valence-corrected chi connectivity index (χ0v) is 15.4. The summed E-state index contributed by atoms with van der Waals surface area (Å²) in [5.41, 5.74) is 0. The molecule has 3 amide bonds. The van der Waals surface area contributed by atoms with Gasteiger partial charge >= 0.3 is 6.03 Å². The van der Waals surface area contributed by atoms with Crippen molar-refractivity contribution in [3.8, 4) is 0 Å². The molecule has 0 bridgehead atoms. The third-order valence-corrected chi connectivity index (χ3v) is 6.27. The van der Waals surface area contributed by atoms with Crippen LogP contribution < -0.4 is 0 Å². The van der Waals surface area contributed by atoms with Crippen LogP contribution in [0.4, 0.5) is 9.18 Å². The average Bonchev–Trinajstić information content (AvgIpc) is 3.13. The van der Waals surface area contributed by atoms with E-state index >= 15 is 0 Å². The first-order valence-electron chi connectivity index (χ1n) is 9.15. The molecule has 1 aromatic heterocycles. The molecule has 2 aromatic rings. The van der Waals surface area contributed by atoms with E-state index < -0.39 is 0 Å². The fourth-order valence-electron chi connectivity index (χ4n) is 3.67. The van der Waals surface area contributed by atoms with Crippen molar-refractivity contribution < 1.29 is 14.0 Å². The monoisotopic (exact) mass is 375 g/mol. The van der Waals surface area contributed by atoms with Crippen molar-refractivity contribution in [2.75, 3.05) is 39.3 Å². The summed E-state index contributed by atoms with van der Waals surface area (Å²) in [6, 6.07) is 6.64. The molecule has 26 heavy (non-hydrogen) atoms. The maximum absolute atomic E-state index is 13.9. The Bertz CT molecular complexity index is 823. The quantitative estimate of drug-likeness (QED) is 0.767. The van der Waals surface area contributed by atoms with Crippen LogP contribution in [0.3, 0.4) is 0 Å². The molecule has 7 heteroatoms. The Labute approximate surface area is 156 Å². The van der Waals surface area contributed by atoms with Crippen molar-refractivity contribution in [2.24, 2.45) is 0 Å². The Hall–Kier alpha value is -2.15. The Morgan fingerprint density at radius 1 is 0.885 bits per heavy atom. The zero-order chi connectivity index (χ0) is 18.1. The van der Waals surface area contributed by atoms with Gasteiger partial charge in [-0.25, -0.2) is 9.18 Å². The number of urea groups is 1. The summed E-state index contributed by atoms with van der Waals surface area (Å²) in [6.45, 7) is 3.83. The number of benzene rings is 1. The third-order valence-electron chi connectivity index (χ3n) is 5.18. The second kappa shape index (κ2) is 7.23. The lowest BCUT2D eigenvalue weighted by atomic mass is 10.1. The van der Waals surface area contributed by atoms with Crippen LogP contribution in [0.5, 0.6) is 0 Å². The van der Waals surface area contributed by atoms with Gasteiger partial charge in [0, 0.05) is 49.4 Å². The van der Waals surface area contributed by atoms with Gasteiger partial charge in [-0.05, 0) is 37.5 Å². The van der Waals surface area contributed by atoms with E-state index in [-0.39, 0.29) is 17.8 Å². The molecule has 138 valence electrons. The van der Waals surface area contributed by atoms with E-state index in [9.17, 15) is 14.0 Å². The smallest absolute Gasteiger partial charge is 0.320 e. The standard InChI is InChI=1S/C19H22FN3O2S/c20-15-5-4-6-16-14(15)13-17(26-16)18(24)21-9-11-23(12-10-21)19(25)22-7-2-1-3-8-22/h4-6,13H,1-3,7-12H2. The number of amides is 3. The molecule has 4 rings (SSSR count). The molecule has 0 N–H and O–H groups in total. The number of rotatable bonds is 1. The van der Waals surface area contributed by atoms with Gasteiger partial charge in [-0.2, -0.15) is 0 Å². The minimum Gasteiger partial charge on any atom is -0.334 e. The van der Waals surface area contributed by atoms with Gasteiger partial charge in [0.15, 0.2) is 0 Å². The molecule has 1 aromatic carbocycles. The van der Waals surface area contributed by atoms with E-state index in [4.69, 9.17) is 0 Å². The van der Waals surface area contributed by atoms with E-state index in [2.05, 4.69) is 0 Å². The molecule has 2 aliphatic heterocycles. The molecular formula is C19H22FN3O2S. The molecule has 2 saturated heterocycles. The van der Waals surface area contributed by atoms with Gasteiger partial charge in [-0.15, -0.1) is 11.3 Å². The van der Waals surface area contributed by atoms with Crippen LogP contribution in [0.2, 0.25) is 0 Å². The summed E-state index contributed by atoms with van der Waals surface area (Å²) in [7, 11) is 0. The van der Waals surface area contributed by atoms with E-state index in [1.807, 2.05) is 15.9 Å². The minimum absolute atomic E-state index is 0.0735. The predicted octanol–water partition coefficient (Wildman–Crippen LogP) is 3.40. The lowest BCUT2D eigenvalue weighted by molar-refractivity contribution is 0.0637. The average molecular weight is 375 g/mol. The second-order valence-corrected chi connectivity index (χ2v) is 7.96. The van der Waals surface area contributed by atoms with Gasteiger partial charge in [-0.1, -0.05) is 6.07 Å². The number of thiophene rings is 1. The van der Waals surface area contributed by atoms with Crippen LogP contribution in [0.1, 0.15) is 28.9 Å². The third kappa shape index (κ3) is 3.28.